The lowest BCUT2D eigenvalue weighted by Gasteiger charge is -2.32. The standard InChI is InChI=1S/C25H34N2O2/c1-19(29-23-12-10-21(11-13-23)25(2,3)4)24(28)26-22-14-16-27(17-15-22)18-20-8-6-5-7-9-20/h5-13,19,22H,14-18H2,1-4H3,(H,26,28). The van der Waals surface area contributed by atoms with Crippen molar-refractivity contribution in [3.8, 4) is 5.75 Å². The fraction of sp³-hybridized carbons (Fsp3) is 0.480. The van der Waals surface area contributed by atoms with E-state index in [1.807, 2.05) is 25.1 Å². The molecular formula is C25H34N2O2. The number of hydrogen-bond donors (Lipinski definition) is 1. The molecule has 0 bridgehead atoms. The summed E-state index contributed by atoms with van der Waals surface area (Å²) in [5.74, 6) is 0.699. The first-order valence-electron chi connectivity index (χ1n) is 10.6. The van der Waals surface area contributed by atoms with E-state index in [0.29, 0.717) is 0 Å². The van der Waals surface area contributed by atoms with Crippen LogP contribution in [-0.2, 0) is 16.8 Å². The van der Waals surface area contributed by atoms with Gasteiger partial charge in [-0.25, -0.2) is 0 Å². The molecule has 1 amide bonds. The topological polar surface area (TPSA) is 41.6 Å². The van der Waals surface area contributed by atoms with Crippen molar-refractivity contribution >= 4 is 5.91 Å². The number of hydrogen-bond acceptors (Lipinski definition) is 3. The van der Waals surface area contributed by atoms with Crippen LogP contribution >= 0.6 is 0 Å². The normalized spacial score (nSPS) is 17.0. The Kier molecular flexibility index (Phi) is 6.96. The molecule has 0 radical (unpaired) electrons. The summed E-state index contributed by atoms with van der Waals surface area (Å²) in [6.45, 7) is 11.4. The number of rotatable bonds is 6. The molecule has 0 aromatic heterocycles. The maximum atomic E-state index is 12.6. The number of carbonyl (C=O) groups is 1. The molecule has 156 valence electrons. The first-order valence-corrected chi connectivity index (χ1v) is 10.6. The van der Waals surface area contributed by atoms with E-state index in [-0.39, 0.29) is 17.4 Å². The third-order valence-corrected chi connectivity index (χ3v) is 5.59. The van der Waals surface area contributed by atoms with Gasteiger partial charge >= 0.3 is 0 Å². The fourth-order valence-corrected chi connectivity index (χ4v) is 3.69. The van der Waals surface area contributed by atoms with E-state index in [1.54, 1.807) is 0 Å². The highest BCUT2D eigenvalue weighted by Gasteiger charge is 2.23. The molecule has 2 aromatic rings. The zero-order valence-electron chi connectivity index (χ0n) is 18.2. The van der Waals surface area contributed by atoms with Crippen molar-refractivity contribution in [1.29, 1.82) is 0 Å². The number of benzene rings is 2. The molecule has 2 aromatic carbocycles. The molecule has 1 N–H and O–H groups in total. The van der Waals surface area contributed by atoms with Gasteiger partial charge in [0.1, 0.15) is 5.75 Å². The van der Waals surface area contributed by atoms with Crippen LogP contribution in [0.5, 0.6) is 5.75 Å². The van der Waals surface area contributed by atoms with Crippen molar-refractivity contribution in [2.24, 2.45) is 0 Å². The van der Waals surface area contributed by atoms with Crippen molar-refractivity contribution in [3.05, 3.63) is 65.7 Å². The monoisotopic (exact) mass is 394 g/mol. The lowest BCUT2D eigenvalue weighted by molar-refractivity contribution is -0.128. The number of ether oxygens (including phenoxy) is 1. The Morgan fingerprint density at radius 1 is 1.07 bits per heavy atom. The van der Waals surface area contributed by atoms with Gasteiger partial charge in [0.05, 0.1) is 0 Å². The summed E-state index contributed by atoms with van der Waals surface area (Å²) in [5.41, 5.74) is 2.70. The van der Waals surface area contributed by atoms with Crippen LogP contribution in [0.25, 0.3) is 0 Å². The minimum Gasteiger partial charge on any atom is -0.481 e. The van der Waals surface area contributed by atoms with Crippen molar-refractivity contribution in [2.75, 3.05) is 13.1 Å². The van der Waals surface area contributed by atoms with Crippen molar-refractivity contribution < 1.29 is 9.53 Å². The summed E-state index contributed by atoms with van der Waals surface area (Å²) in [5, 5.41) is 3.17. The highest BCUT2D eigenvalue weighted by molar-refractivity contribution is 5.81. The van der Waals surface area contributed by atoms with Crippen LogP contribution in [0.3, 0.4) is 0 Å². The summed E-state index contributed by atoms with van der Waals surface area (Å²) in [6.07, 6.45) is 1.45. The van der Waals surface area contributed by atoms with E-state index >= 15 is 0 Å². The van der Waals surface area contributed by atoms with Gasteiger partial charge < -0.3 is 10.1 Å². The summed E-state index contributed by atoms with van der Waals surface area (Å²) in [7, 11) is 0. The third-order valence-electron chi connectivity index (χ3n) is 5.59. The van der Waals surface area contributed by atoms with Crippen LogP contribution in [0, 0.1) is 0 Å². The highest BCUT2D eigenvalue weighted by Crippen LogP contribution is 2.24. The number of amides is 1. The van der Waals surface area contributed by atoms with Crippen molar-refractivity contribution in [3.63, 3.8) is 0 Å². The van der Waals surface area contributed by atoms with E-state index in [1.165, 1.54) is 11.1 Å². The van der Waals surface area contributed by atoms with E-state index in [2.05, 4.69) is 67.4 Å². The SMILES string of the molecule is CC(Oc1ccc(C(C)(C)C)cc1)C(=O)NC1CCN(Cc2ccccc2)CC1. The number of carbonyl (C=O) groups excluding carboxylic acids is 1. The second-order valence-electron chi connectivity index (χ2n) is 9.08. The van der Waals surface area contributed by atoms with Gasteiger partial charge in [-0.15, -0.1) is 0 Å². The summed E-state index contributed by atoms with van der Waals surface area (Å²) in [4.78, 5) is 15.0. The molecule has 1 atom stereocenters. The minimum atomic E-state index is -0.502. The molecular weight excluding hydrogens is 360 g/mol. The second kappa shape index (κ2) is 9.45. The average molecular weight is 395 g/mol. The molecule has 1 unspecified atom stereocenters. The quantitative estimate of drug-likeness (QED) is 0.782. The van der Waals surface area contributed by atoms with E-state index in [4.69, 9.17) is 4.74 Å². The van der Waals surface area contributed by atoms with Gasteiger partial charge in [0.2, 0.25) is 0 Å². The van der Waals surface area contributed by atoms with Gasteiger partial charge in [-0.1, -0.05) is 63.2 Å². The van der Waals surface area contributed by atoms with Gasteiger partial charge in [0.15, 0.2) is 6.10 Å². The molecule has 1 aliphatic rings. The molecule has 3 rings (SSSR count). The third kappa shape index (κ3) is 6.33. The fourth-order valence-electron chi connectivity index (χ4n) is 3.69. The molecule has 4 heteroatoms. The van der Waals surface area contributed by atoms with Crippen molar-refractivity contribution in [2.45, 2.75) is 64.6 Å². The Balaban J connectivity index is 1.43. The second-order valence-corrected chi connectivity index (χ2v) is 9.08. The number of nitrogens with zero attached hydrogens (tertiary/aromatic N) is 1. The largest absolute Gasteiger partial charge is 0.481 e. The van der Waals surface area contributed by atoms with Crippen molar-refractivity contribution in [1.82, 2.24) is 10.2 Å². The predicted octanol–water partition coefficient (Wildman–Crippen LogP) is 4.53. The Labute approximate surface area is 175 Å². The Hall–Kier alpha value is -2.33. The molecule has 0 spiro atoms. The predicted molar refractivity (Wildman–Crippen MR) is 118 cm³/mol. The molecule has 0 aliphatic carbocycles. The first kappa shape index (κ1) is 21.4. The van der Waals surface area contributed by atoms with Gasteiger partial charge in [0, 0.05) is 25.7 Å². The van der Waals surface area contributed by atoms with E-state index in [0.717, 1.165) is 38.2 Å². The van der Waals surface area contributed by atoms with E-state index in [9.17, 15) is 4.79 Å². The highest BCUT2D eigenvalue weighted by atomic mass is 16.5. The Morgan fingerprint density at radius 3 is 2.28 bits per heavy atom. The number of nitrogens with one attached hydrogen (secondary N) is 1. The molecule has 29 heavy (non-hydrogen) atoms. The average Bonchev–Trinajstić information content (AvgIpc) is 2.70. The van der Waals surface area contributed by atoms with Crippen LogP contribution in [0.15, 0.2) is 54.6 Å². The van der Waals surface area contributed by atoms with Crippen LogP contribution in [0.4, 0.5) is 0 Å². The number of likely N-dealkylation sites (tertiary alicyclic amines) is 1. The molecule has 1 aliphatic heterocycles. The van der Waals surface area contributed by atoms with Crippen LogP contribution < -0.4 is 10.1 Å². The smallest absolute Gasteiger partial charge is 0.260 e. The molecule has 1 fully saturated rings. The molecule has 1 heterocycles. The van der Waals surface area contributed by atoms with Crippen LogP contribution in [0.2, 0.25) is 0 Å². The van der Waals surface area contributed by atoms with Gasteiger partial charge in [-0.3, -0.25) is 9.69 Å². The van der Waals surface area contributed by atoms with Crippen LogP contribution in [0.1, 0.15) is 51.7 Å². The lowest BCUT2D eigenvalue weighted by Crippen LogP contribution is -2.47. The molecule has 0 saturated carbocycles. The first-order chi connectivity index (χ1) is 13.8. The Morgan fingerprint density at radius 2 is 1.69 bits per heavy atom. The van der Waals surface area contributed by atoms with Gasteiger partial charge in [-0.2, -0.15) is 0 Å². The summed E-state index contributed by atoms with van der Waals surface area (Å²) < 4.78 is 5.86. The summed E-state index contributed by atoms with van der Waals surface area (Å²) in [6, 6.07) is 18.8. The van der Waals surface area contributed by atoms with Crippen LogP contribution in [-0.4, -0.2) is 36.0 Å². The summed E-state index contributed by atoms with van der Waals surface area (Å²) >= 11 is 0. The zero-order chi connectivity index (χ0) is 20.9. The van der Waals surface area contributed by atoms with Gasteiger partial charge in [-0.05, 0) is 48.4 Å². The zero-order valence-corrected chi connectivity index (χ0v) is 18.2. The maximum absolute atomic E-state index is 12.6. The number of piperidine rings is 1. The molecule has 1 saturated heterocycles. The minimum absolute atomic E-state index is 0.0357. The molecule has 4 nitrogen and oxygen atoms in total. The Bertz CT molecular complexity index is 773. The van der Waals surface area contributed by atoms with Gasteiger partial charge in [0.25, 0.3) is 5.91 Å². The lowest BCUT2D eigenvalue weighted by atomic mass is 9.87. The van der Waals surface area contributed by atoms with E-state index < -0.39 is 6.10 Å². The maximum Gasteiger partial charge on any atom is 0.260 e.